The SMILES string of the molecule is O=C(CCc1ccc(-c2ccccc2)o1)Nc1cccnc1. The van der Waals surface area contributed by atoms with E-state index in [1.807, 2.05) is 48.5 Å². The molecule has 0 bridgehead atoms. The van der Waals surface area contributed by atoms with Gasteiger partial charge in [0.25, 0.3) is 0 Å². The second-order valence-corrected chi connectivity index (χ2v) is 4.92. The van der Waals surface area contributed by atoms with Crippen LogP contribution in [0.1, 0.15) is 12.2 Å². The molecule has 1 amide bonds. The van der Waals surface area contributed by atoms with Crippen LogP contribution in [0, 0.1) is 0 Å². The summed E-state index contributed by atoms with van der Waals surface area (Å²) >= 11 is 0. The molecule has 3 aromatic rings. The van der Waals surface area contributed by atoms with Crippen LogP contribution in [0.2, 0.25) is 0 Å². The van der Waals surface area contributed by atoms with E-state index in [9.17, 15) is 4.79 Å². The Morgan fingerprint density at radius 1 is 1.05 bits per heavy atom. The molecule has 2 aromatic heterocycles. The third kappa shape index (κ3) is 3.61. The van der Waals surface area contributed by atoms with Crippen molar-refractivity contribution in [3.8, 4) is 11.3 Å². The fourth-order valence-electron chi connectivity index (χ4n) is 2.17. The quantitative estimate of drug-likeness (QED) is 0.775. The smallest absolute Gasteiger partial charge is 0.224 e. The zero-order valence-electron chi connectivity index (χ0n) is 12.0. The van der Waals surface area contributed by atoms with Crippen molar-refractivity contribution in [1.29, 1.82) is 0 Å². The van der Waals surface area contributed by atoms with Crippen molar-refractivity contribution >= 4 is 11.6 Å². The highest BCUT2D eigenvalue weighted by Gasteiger charge is 2.07. The summed E-state index contributed by atoms with van der Waals surface area (Å²) in [6, 6.07) is 17.4. The lowest BCUT2D eigenvalue weighted by Gasteiger charge is -2.03. The molecule has 0 atom stereocenters. The van der Waals surface area contributed by atoms with Crippen LogP contribution in [-0.4, -0.2) is 10.9 Å². The second-order valence-electron chi connectivity index (χ2n) is 4.92. The summed E-state index contributed by atoms with van der Waals surface area (Å²) in [5, 5.41) is 2.81. The monoisotopic (exact) mass is 292 g/mol. The number of aryl methyl sites for hydroxylation is 1. The number of furan rings is 1. The number of carbonyl (C=O) groups is 1. The molecule has 1 N–H and O–H groups in total. The Bertz CT molecular complexity index is 736. The minimum absolute atomic E-state index is 0.0503. The number of nitrogens with zero attached hydrogens (tertiary/aromatic N) is 1. The van der Waals surface area contributed by atoms with Gasteiger partial charge in [-0.1, -0.05) is 30.3 Å². The van der Waals surface area contributed by atoms with E-state index in [0.29, 0.717) is 18.5 Å². The summed E-state index contributed by atoms with van der Waals surface area (Å²) in [6.45, 7) is 0. The maximum atomic E-state index is 11.9. The zero-order valence-corrected chi connectivity index (χ0v) is 12.0. The molecule has 0 aliphatic rings. The molecule has 0 fully saturated rings. The summed E-state index contributed by atoms with van der Waals surface area (Å²) in [7, 11) is 0. The lowest BCUT2D eigenvalue weighted by atomic mass is 10.2. The van der Waals surface area contributed by atoms with E-state index in [2.05, 4.69) is 10.3 Å². The van der Waals surface area contributed by atoms with Gasteiger partial charge in [-0.15, -0.1) is 0 Å². The predicted molar refractivity (Wildman–Crippen MR) is 85.3 cm³/mol. The number of amides is 1. The van der Waals surface area contributed by atoms with Gasteiger partial charge in [0.2, 0.25) is 5.91 Å². The van der Waals surface area contributed by atoms with E-state index in [-0.39, 0.29) is 5.91 Å². The first-order chi connectivity index (χ1) is 10.8. The summed E-state index contributed by atoms with van der Waals surface area (Å²) in [5.74, 6) is 1.58. The Morgan fingerprint density at radius 3 is 2.68 bits per heavy atom. The van der Waals surface area contributed by atoms with Crippen LogP contribution in [0.25, 0.3) is 11.3 Å². The molecule has 3 rings (SSSR count). The maximum absolute atomic E-state index is 11.9. The van der Waals surface area contributed by atoms with E-state index in [4.69, 9.17) is 4.42 Å². The lowest BCUT2D eigenvalue weighted by molar-refractivity contribution is -0.116. The van der Waals surface area contributed by atoms with Crippen LogP contribution in [-0.2, 0) is 11.2 Å². The number of benzene rings is 1. The number of pyridine rings is 1. The van der Waals surface area contributed by atoms with Crippen molar-refractivity contribution in [2.24, 2.45) is 0 Å². The number of carbonyl (C=O) groups excluding carboxylic acids is 1. The van der Waals surface area contributed by atoms with Crippen molar-refractivity contribution < 1.29 is 9.21 Å². The predicted octanol–water partition coefficient (Wildman–Crippen LogP) is 3.91. The molecule has 4 heteroatoms. The topological polar surface area (TPSA) is 55.1 Å². The number of hydrogen-bond donors (Lipinski definition) is 1. The molecule has 22 heavy (non-hydrogen) atoms. The normalized spacial score (nSPS) is 10.4. The standard InChI is InChI=1S/C18H16N2O2/c21-18(20-15-7-4-12-19-13-15)11-9-16-8-10-17(22-16)14-5-2-1-3-6-14/h1-8,10,12-13H,9,11H2,(H,20,21). The third-order valence-electron chi connectivity index (χ3n) is 3.26. The highest BCUT2D eigenvalue weighted by atomic mass is 16.3. The fourth-order valence-corrected chi connectivity index (χ4v) is 2.17. The number of aromatic nitrogens is 1. The summed E-state index contributed by atoms with van der Waals surface area (Å²) < 4.78 is 5.78. The van der Waals surface area contributed by atoms with Gasteiger partial charge >= 0.3 is 0 Å². The van der Waals surface area contributed by atoms with Crippen LogP contribution in [0.3, 0.4) is 0 Å². The first kappa shape index (κ1) is 14.1. The number of anilines is 1. The largest absolute Gasteiger partial charge is 0.461 e. The molecule has 0 saturated carbocycles. The molecule has 0 radical (unpaired) electrons. The average molecular weight is 292 g/mol. The average Bonchev–Trinajstić information content (AvgIpc) is 3.04. The summed E-state index contributed by atoms with van der Waals surface area (Å²) in [6.07, 6.45) is 4.23. The Balaban J connectivity index is 1.56. The molecule has 0 unspecified atom stereocenters. The minimum atomic E-state index is -0.0503. The second kappa shape index (κ2) is 6.72. The number of nitrogens with one attached hydrogen (secondary N) is 1. The van der Waals surface area contributed by atoms with Crippen molar-refractivity contribution in [1.82, 2.24) is 4.98 Å². The van der Waals surface area contributed by atoms with Crippen LogP contribution >= 0.6 is 0 Å². The molecule has 0 aliphatic carbocycles. The van der Waals surface area contributed by atoms with Gasteiger partial charge in [0, 0.05) is 24.6 Å². The van der Waals surface area contributed by atoms with E-state index in [0.717, 1.165) is 17.1 Å². The van der Waals surface area contributed by atoms with E-state index in [1.165, 1.54) is 0 Å². The first-order valence-electron chi connectivity index (χ1n) is 7.15. The Hall–Kier alpha value is -2.88. The highest BCUT2D eigenvalue weighted by molar-refractivity contribution is 5.90. The van der Waals surface area contributed by atoms with Gasteiger partial charge < -0.3 is 9.73 Å². The number of hydrogen-bond acceptors (Lipinski definition) is 3. The minimum Gasteiger partial charge on any atom is -0.461 e. The van der Waals surface area contributed by atoms with E-state index >= 15 is 0 Å². The molecule has 4 nitrogen and oxygen atoms in total. The molecule has 0 spiro atoms. The highest BCUT2D eigenvalue weighted by Crippen LogP contribution is 2.22. The van der Waals surface area contributed by atoms with E-state index < -0.39 is 0 Å². The Morgan fingerprint density at radius 2 is 1.91 bits per heavy atom. The van der Waals surface area contributed by atoms with Gasteiger partial charge in [0.15, 0.2) is 0 Å². The van der Waals surface area contributed by atoms with Crippen LogP contribution in [0.4, 0.5) is 5.69 Å². The van der Waals surface area contributed by atoms with Crippen LogP contribution < -0.4 is 5.32 Å². The molecule has 0 aliphatic heterocycles. The van der Waals surface area contributed by atoms with Gasteiger partial charge in [-0.3, -0.25) is 9.78 Å². The molecule has 2 heterocycles. The third-order valence-corrected chi connectivity index (χ3v) is 3.26. The zero-order chi connectivity index (χ0) is 15.2. The van der Waals surface area contributed by atoms with E-state index in [1.54, 1.807) is 18.5 Å². The fraction of sp³-hybridized carbons (Fsp3) is 0.111. The molecule has 1 aromatic carbocycles. The van der Waals surface area contributed by atoms with Gasteiger partial charge in [0.1, 0.15) is 11.5 Å². The van der Waals surface area contributed by atoms with Gasteiger partial charge in [0.05, 0.1) is 11.9 Å². The lowest BCUT2D eigenvalue weighted by Crippen LogP contribution is -2.12. The summed E-state index contributed by atoms with van der Waals surface area (Å²) in [4.78, 5) is 15.8. The Labute approximate surface area is 128 Å². The molecular formula is C18H16N2O2. The first-order valence-corrected chi connectivity index (χ1v) is 7.15. The maximum Gasteiger partial charge on any atom is 0.224 e. The molecule has 0 saturated heterocycles. The van der Waals surface area contributed by atoms with Gasteiger partial charge in [-0.05, 0) is 24.3 Å². The summed E-state index contributed by atoms with van der Waals surface area (Å²) in [5.41, 5.74) is 1.74. The van der Waals surface area contributed by atoms with Crippen molar-refractivity contribution in [3.63, 3.8) is 0 Å². The van der Waals surface area contributed by atoms with Crippen LogP contribution in [0.5, 0.6) is 0 Å². The van der Waals surface area contributed by atoms with Crippen molar-refractivity contribution in [3.05, 3.63) is 72.8 Å². The molecular weight excluding hydrogens is 276 g/mol. The van der Waals surface area contributed by atoms with Crippen LogP contribution in [0.15, 0.2) is 71.4 Å². The number of rotatable bonds is 5. The van der Waals surface area contributed by atoms with Gasteiger partial charge in [-0.25, -0.2) is 0 Å². The van der Waals surface area contributed by atoms with Crippen molar-refractivity contribution in [2.75, 3.05) is 5.32 Å². The van der Waals surface area contributed by atoms with Gasteiger partial charge in [-0.2, -0.15) is 0 Å². The Kier molecular flexibility index (Phi) is 4.30. The molecule has 110 valence electrons. The van der Waals surface area contributed by atoms with Crippen molar-refractivity contribution in [2.45, 2.75) is 12.8 Å².